The zero-order valence-electron chi connectivity index (χ0n) is 13.4. The molecule has 1 aromatic carbocycles. The van der Waals surface area contributed by atoms with E-state index in [9.17, 15) is 8.42 Å². The van der Waals surface area contributed by atoms with Gasteiger partial charge in [0.25, 0.3) is 0 Å². The molecular formula is C15H14ClN5O3S2. The Balaban J connectivity index is 1.57. The van der Waals surface area contributed by atoms with Crippen molar-refractivity contribution in [2.24, 2.45) is 0 Å². The van der Waals surface area contributed by atoms with E-state index in [1.807, 2.05) is 0 Å². The van der Waals surface area contributed by atoms with Crippen LogP contribution in [-0.2, 0) is 10.0 Å². The standard InChI is InChI=1S/C15H14ClN5O3S2/c16-10-7-17-15(18-8-10)24-11-3-2-6-21(9-11)26(22,23)13-5-1-4-12-14(13)20-25-19-12/h1,4-5,7-8,11H,2-3,6,9H2. The Kier molecular flexibility index (Phi) is 4.74. The van der Waals surface area contributed by atoms with Gasteiger partial charge in [-0.25, -0.2) is 18.4 Å². The first-order valence-corrected chi connectivity index (χ1v) is 10.4. The molecule has 1 saturated heterocycles. The molecule has 0 N–H and O–H groups in total. The maximum Gasteiger partial charge on any atom is 0.316 e. The Hall–Kier alpha value is -1.88. The Labute approximate surface area is 159 Å². The molecule has 3 aromatic rings. The number of aromatic nitrogens is 4. The van der Waals surface area contributed by atoms with Crippen LogP contribution in [0.2, 0.25) is 5.02 Å². The smallest absolute Gasteiger partial charge is 0.316 e. The number of sulfonamides is 1. The average Bonchev–Trinajstić information content (AvgIpc) is 3.12. The summed E-state index contributed by atoms with van der Waals surface area (Å²) < 4.78 is 41.6. The van der Waals surface area contributed by atoms with Crippen LogP contribution < -0.4 is 4.74 Å². The SMILES string of the molecule is O=S(=O)(c1cccc2nsnc12)N1CCCC(Oc2ncc(Cl)cn2)C1. The minimum atomic E-state index is -3.69. The van der Waals surface area contributed by atoms with Crippen molar-refractivity contribution >= 4 is 44.4 Å². The quantitative estimate of drug-likeness (QED) is 0.649. The van der Waals surface area contributed by atoms with Gasteiger partial charge in [-0.05, 0) is 25.0 Å². The molecule has 1 aliphatic rings. The fourth-order valence-corrected chi connectivity index (χ4v) is 5.22. The lowest BCUT2D eigenvalue weighted by molar-refractivity contribution is 0.119. The number of piperidine rings is 1. The van der Waals surface area contributed by atoms with Gasteiger partial charge in [-0.1, -0.05) is 17.7 Å². The lowest BCUT2D eigenvalue weighted by Crippen LogP contribution is -2.44. The largest absolute Gasteiger partial charge is 0.459 e. The van der Waals surface area contributed by atoms with Crippen LogP contribution in [0.5, 0.6) is 6.01 Å². The summed E-state index contributed by atoms with van der Waals surface area (Å²) in [6.07, 6.45) is 3.96. The Morgan fingerprint density at radius 3 is 2.85 bits per heavy atom. The maximum atomic E-state index is 13.1. The highest BCUT2D eigenvalue weighted by molar-refractivity contribution is 7.89. The van der Waals surface area contributed by atoms with E-state index in [-0.39, 0.29) is 23.6 Å². The van der Waals surface area contributed by atoms with Gasteiger partial charge >= 0.3 is 6.01 Å². The molecule has 136 valence electrons. The van der Waals surface area contributed by atoms with E-state index in [1.54, 1.807) is 18.2 Å². The highest BCUT2D eigenvalue weighted by Crippen LogP contribution is 2.27. The second kappa shape index (κ2) is 7.03. The Morgan fingerprint density at radius 2 is 2.04 bits per heavy atom. The van der Waals surface area contributed by atoms with Gasteiger partial charge in [0.2, 0.25) is 10.0 Å². The van der Waals surface area contributed by atoms with Crippen LogP contribution in [0.1, 0.15) is 12.8 Å². The van der Waals surface area contributed by atoms with E-state index in [1.165, 1.54) is 16.7 Å². The second-order valence-corrected chi connectivity index (χ2v) is 8.69. The molecule has 26 heavy (non-hydrogen) atoms. The molecule has 0 aliphatic carbocycles. The summed E-state index contributed by atoms with van der Waals surface area (Å²) >= 11 is 6.76. The summed E-state index contributed by atoms with van der Waals surface area (Å²) in [6.45, 7) is 0.653. The van der Waals surface area contributed by atoms with Gasteiger partial charge in [-0.3, -0.25) is 0 Å². The van der Waals surface area contributed by atoms with Crippen LogP contribution in [0, 0.1) is 0 Å². The maximum absolute atomic E-state index is 13.1. The molecule has 0 bridgehead atoms. The molecule has 0 radical (unpaired) electrons. The topological polar surface area (TPSA) is 98.2 Å². The van der Waals surface area contributed by atoms with Crippen molar-refractivity contribution in [3.8, 4) is 6.01 Å². The van der Waals surface area contributed by atoms with E-state index < -0.39 is 10.0 Å². The summed E-state index contributed by atoms with van der Waals surface area (Å²) in [6, 6.07) is 5.17. The minimum absolute atomic E-state index is 0.173. The number of halogens is 1. The first-order valence-electron chi connectivity index (χ1n) is 7.90. The molecule has 8 nitrogen and oxygen atoms in total. The molecule has 11 heteroatoms. The third-order valence-electron chi connectivity index (χ3n) is 4.08. The summed E-state index contributed by atoms with van der Waals surface area (Å²) in [5, 5.41) is 0.412. The number of hydrogen-bond acceptors (Lipinski definition) is 8. The third kappa shape index (κ3) is 3.37. The minimum Gasteiger partial charge on any atom is -0.459 e. The first kappa shape index (κ1) is 17.5. The van der Waals surface area contributed by atoms with Crippen molar-refractivity contribution in [1.29, 1.82) is 0 Å². The van der Waals surface area contributed by atoms with Crippen LogP contribution in [0.25, 0.3) is 11.0 Å². The number of benzene rings is 1. The van der Waals surface area contributed by atoms with Crippen LogP contribution in [0.3, 0.4) is 0 Å². The number of nitrogens with zero attached hydrogens (tertiary/aromatic N) is 5. The highest BCUT2D eigenvalue weighted by atomic mass is 35.5. The van der Waals surface area contributed by atoms with Gasteiger partial charge in [0.1, 0.15) is 22.0 Å². The van der Waals surface area contributed by atoms with Crippen LogP contribution in [0.15, 0.2) is 35.5 Å². The van der Waals surface area contributed by atoms with Gasteiger partial charge in [0.05, 0.1) is 35.7 Å². The zero-order valence-corrected chi connectivity index (χ0v) is 15.8. The number of rotatable bonds is 4. The van der Waals surface area contributed by atoms with Crippen molar-refractivity contribution in [1.82, 2.24) is 23.0 Å². The molecular weight excluding hydrogens is 398 g/mol. The second-order valence-electron chi connectivity index (χ2n) is 5.82. The van der Waals surface area contributed by atoms with Gasteiger partial charge in [0.15, 0.2) is 0 Å². The molecule has 3 heterocycles. The van der Waals surface area contributed by atoms with E-state index >= 15 is 0 Å². The monoisotopic (exact) mass is 411 g/mol. The molecule has 0 saturated carbocycles. The van der Waals surface area contributed by atoms with Crippen molar-refractivity contribution < 1.29 is 13.2 Å². The van der Waals surface area contributed by atoms with E-state index in [0.717, 1.165) is 18.1 Å². The lowest BCUT2D eigenvalue weighted by Gasteiger charge is -2.31. The summed E-state index contributed by atoms with van der Waals surface area (Å²) in [5.41, 5.74) is 0.983. The van der Waals surface area contributed by atoms with Gasteiger partial charge < -0.3 is 4.74 Å². The van der Waals surface area contributed by atoms with Crippen molar-refractivity contribution in [3.05, 3.63) is 35.6 Å². The lowest BCUT2D eigenvalue weighted by atomic mass is 10.1. The molecule has 1 aliphatic heterocycles. The number of hydrogen-bond donors (Lipinski definition) is 0. The fourth-order valence-electron chi connectivity index (χ4n) is 2.86. The van der Waals surface area contributed by atoms with Crippen LogP contribution in [0.4, 0.5) is 0 Å². The highest BCUT2D eigenvalue weighted by Gasteiger charge is 2.33. The predicted molar refractivity (Wildman–Crippen MR) is 96.9 cm³/mol. The van der Waals surface area contributed by atoms with Gasteiger partial charge in [0, 0.05) is 6.54 Å². The van der Waals surface area contributed by atoms with Crippen molar-refractivity contribution in [3.63, 3.8) is 0 Å². The van der Waals surface area contributed by atoms with E-state index in [2.05, 4.69) is 18.7 Å². The van der Waals surface area contributed by atoms with Crippen molar-refractivity contribution in [2.45, 2.75) is 23.8 Å². The van der Waals surface area contributed by atoms with Gasteiger partial charge in [-0.15, -0.1) is 0 Å². The zero-order chi connectivity index (χ0) is 18.1. The molecule has 1 atom stereocenters. The Bertz CT molecular complexity index is 1030. The molecule has 0 amide bonds. The summed E-state index contributed by atoms with van der Waals surface area (Å²) in [5.74, 6) is 0. The fraction of sp³-hybridized carbons (Fsp3) is 0.333. The summed E-state index contributed by atoms with van der Waals surface area (Å²) in [4.78, 5) is 8.18. The van der Waals surface area contributed by atoms with Crippen LogP contribution >= 0.6 is 23.3 Å². The number of ether oxygens (including phenoxy) is 1. The molecule has 1 fully saturated rings. The number of fused-ring (bicyclic) bond motifs is 1. The average molecular weight is 412 g/mol. The van der Waals surface area contributed by atoms with E-state index in [4.69, 9.17) is 16.3 Å². The van der Waals surface area contributed by atoms with Crippen molar-refractivity contribution in [2.75, 3.05) is 13.1 Å². The molecule has 2 aromatic heterocycles. The van der Waals surface area contributed by atoms with Crippen LogP contribution in [-0.4, -0.2) is 50.6 Å². The first-order chi connectivity index (χ1) is 12.5. The molecule has 1 unspecified atom stereocenters. The molecule has 4 rings (SSSR count). The third-order valence-corrected chi connectivity index (χ3v) is 6.71. The predicted octanol–water partition coefficient (Wildman–Crippen LogP) is 2.37. The van der Waals surface area contributed by atoms with Gasteiger partial charge in [-0.2, -0.15) is 13.1 Å². The normalized spacial score (nSPS) is 18.9. The van der Waals surface area contributed by atoms with E-state index in [0.29, 0.717) is 29.0 Å². The summed E-state index contributed by atoms with van der Waals surface area (Å²) in [7, 11) is -3.69. The molecule has 0 spiro atoms. The Morgan fingerprint density at radius 1 is 1.23 bits per heavy atom.